The van der Waals surface area contributed by atoms with Crippen LogP contribution >= 0.6 is 0 Å². The van der Waals surface area contributed by atoms with Crippen LogP contribution in [-0.4, -0.2) is 66.4 Å². The molecule has 7 saturated heterocycles. The highest BCUT2D eigenvalue weighted by molar-refractivity contribution is 5.48. The van der Waals surface area contributed by atoms with Crippen molar-refractivity contribution in [2.45, 2.75) is 139 Å². The Morgan fingerprint density at radius 3 is 1.96 bits per heavy atom. The van der Waals surface area contributed by atoms with Gasteiger partial charge in [0.2, 0.25) is 23.6 Å². The van der Waals surface area contributed by atoms with Gasteiger partial charge in [-0.05, 0) is 70.1 Å². The molecule has 2 spiro atoms. The maximum atomic E-state index is 15.3. The number of allylic oxidation sites excluding steroid dienone is 1. The molecule has 2 unspecified atom stereocenters. The molecular formula is C33H43F6NO9. The molecule has 2 aliphatic carbocycles. The number of fused-ring (bicyclic) bond motifs is 4. The second-order valence-electron chi connectivity index (χ2n) is 15.9. The molecule has 9 fully saturated rings. The zero-order valence-corrected chi connectivity index (χ0v) is 28.0. The lowest BCUT2D eigenvalue weighted by Crippen LogP contribution is -2.75. The van der Waals surface area contributed by atoms with E-state index in [-0.39, 0.29) is 35.7 Å². The van der Waals surface area contributed by atoms with Crippen LogP contribution < -0.4 is 0 Å². The molecule has 14 atom stereocenters. The summed E-state index contributed by atoms with van der Waals surface area (Å²) < 4.78 is 119. The molecule has 0 aromatic heterocycles. The average molecular weight is 712 g/mol. The van der Waals surface area contributed by atoms with Crippen LogP contribution in [0.5, 0.6) is 0 Å². The summed E-state index contributed by atoms with van der Waals surface area (Å²) in [5, 5.41) is 0. The van der Waals surface area contributed by atoms with Crippen molar-refractivity contribution >= 4 is 6.40 Å². The number of hydrogen-bond acceptors (Lipinski definition) is 10. The van der Waals surface area contributed by atoms with Gasteiger partial charge in [0.25, 0.3) is 5.72 Å². The number of aliphatic imine (C=N–C) groups is 1. The molecule has 0 aromatic rings. The lowest BCUT2D eigenvalue weighted by Gasteiger charge is -2.62. The fourth-order valence-electron chi connectivity index (χ4n) is 10.6. The van der Waals surface area contributed by atoms with Crippen molar-refractivity contribution in [2.75, 3.05) is 6.61 Å². The van der Waals surface area contributed by atoms with Crippen molar-refractivity contribution in [3.05, 3.63) is 11.3 Å². The number of rotatable bonds is 4. The van der Waals surface area contributed by atoms with Crippen LogP contribution in [0.3, 0.4) is 0 Å². The zero-order chi connectivity index (χ0) is 35.0. The largest absolute Gasteiger partial charge is 0.479 e. The highest BCUT2D eigenvalue weighted by atomic mass is 19.4. The molecule has 8 heterocycles. The summed E-state index contributed by atoms with van der Waals surface area (Å²) in [6, 6.07) is 0. The van der Waals surface area contributed by atoms with Crippen molar-refractivity contribution in [3.8, 4) is 0 Å². The Morgan fingerprint density at radius 1 is 0.735 bits per heavy atom. The van der Waals surface area contributed by atoms with Gasteiger partial charge in [-0.3, -0.25) is 0 Å². The Bertz CT molecular complexity index is 1410. The summed E-state index contributed by atoms with van der Waals surface area (Å²) in [4.78, 5) is 27.2. The maximum Gasteiger partial charge on any atom is 0.449 e. The quantitative estimate of drug-likeness (QED) is 0.130. The van der Waals surface area contributed by atoms with Crippen LogP contribution in [0.15, 0.2) is 16.3 Å². The van der Waals surface area contributed by atoms with Gasteiger partial charge in [-0.2, -0.15) is 26.3 Å². The molecule has 10 nitrogen and oxygen atoms in total. The molecule has 2 saturated carbocycles. The smallest absolute Gasteiger partial charge is 0.449 e. The van der Waals surface area contributed by atoms with Gasteiger partial charge in [0.1, 0.15) is 6.61 Å². The highest BCUT2D eigenvalue weighted by Crippen LogP contribution is 2.65. The van der Waals surface area contributed by atoms with Crippen molar-refractivity contribution in [1.82, 2.24) is 0 Å². The summed E-state index contributed by atoms with van der Waals surface area (Å²) in [5.41, 5.74) is -6.12. The fraction of sp³-hybridized carbons (Fsp3) is 0.909. The molecule has 8 aliphatic heterocycles. The molecule has 0 N–H and O–H groups in total. The molecule has 276 valence electrons. The third-order valence-corrected chi connectivity index (χ3v) is 13.2. The first-order valence-corrected chi connectivity index (χ1v) is 17.4. The number of halogens is 6. The van der Waals surface area contributed by atoms with Gasteiger partial charge in [0.05, 0.1) is 0 Å². The lowest BCUT2D eigenvalue weighted by molar-refractivity contribution is -0.583. The van der Waals surface area contributed by atoms with Crippen LogP contribution in [0.1, 0.15) is 86.0 Å². The zero-order valence-electron chi connectivity index (χ0n) is 28.0. The van der Waals surface area contributed by atoms with Crippen molar-refractivity contribution < 1.29 is 69.6 Å². The predicted octanol–water partition coefficient (Wildman–Crippen LogP) is 7.23. The molecule has 0 amide bonds. The summed E-state index contributed by atoms with van der Waals surface area (Å²) >= 11 is 0. The van der Waals surface area contributed by atoms with E-state index in [1.54, 1.807) is 13.8 Å². The molecule has 0 radical (unpaired) electrons. The monoisotopic (exact) mass is 711 g/mol. The van der Waals surface area contributed by atoms with Crippen LogP contribution in [0, 0.1) is 41.4 Å². The maximum absolute atomic E-state index is 15.3. The molecular weight excluding hydrogens is 668 g/mol. The normalized spacial score (nSPS) is 52.3. The van der Waals surface area contributed by atoms with E-state index < -0.39 is 83.6 Å². The summed E-state index contributed by atoms with van der Waals surface area (Å²) in [6.07, 6.45) is -8.45. The molecule has 49 heavy (non-hydrogen) atoms. The van der Waals surface area contributed by atoms with Crippen LogP contribution in [-0.2, 0) is 43.2 Å². The SMILES string of the molecule is C[C@@H]1CC[C@H]2C(CO/C=N\[C@@]3(C(F)(F)F)O[C@@H]4O[C@]5(C)CCC6[C@H](C)CC[C@@H]([C@H]3C)[C@]64OO5)=C(C(F)(F)F)O[C@@H]3O[C@@]4(C)CCC1[C@]32OO4. The third kappa shape index (κ3) is 4.75. The predicted molar refractivity (Wildman–Crippen MR) is 153 cm³/mol. The second kappa shape index (κ2) is 10.9. The lowest BCUT2D eigenvalue weighted by atomic mass is 9.56. The second-order valence-corrected chi connectivity index (χ2v) is 15.9. The van der Waals surface area contributed by atoms with Gasteiger partial charge in [-0.1, -0.05) is 20.8 Å². The highest BCUT2D eigenvalue weighted by Gasteiger charge is 2.77. The fourth-order valence-corrected chi connectivity index (χ4v) is 10.6. The molecule has 10 aliphatic rings. The Hall–Kier alpha value is -1.69. The van der Waals surface area contributed by atoms with Gasteiger partial charge < -0.3 is 23.7 Å². The van der Waals surface area contributed by atoms with Gasteiger partial charge >= 0.3 is 12.4 Å². The molecule has 4 bridgehead atoms. The Labute approximate surface area is 279 Å². The number of ether oxygens (including phenoxy) is 5. The van der Waals surface area contributed by atoms with E-state index in [1.807, 2.05) is 13.8 Å². The van der Waals surface area contributed by atoms with E-state index in [1.165, 1.54) is 6.92 Å². The van der Waals surface area contributed by atoms with Gasteiger partial charge in [0, 0.05) is 42.1 Å². The van der Waals surface area contributed by atoms with E-state index in [0.717, 1.165) is 0 Å². The first-order chi connectivity index (χ1) is 22.9. The van der Waals surface area contributed by atoms with Crippen molar-refractivity contribution in [2.24, 2.45) is 46.4 Å². The van der Waals surface area contributed by atoms with Gasteiger partial charge in [0.15, 0.2) is 23.9 Å². The first kappa shape index (κ1) is 34.4. The van der Waals surface area contributed by atoms with Crippen LogP contribution in [0.25, 0.3) is 0 Å². The number of nitrogens with zero attached hydrogens (tertiary/aromatic N) is 1. The third-order valence-electron chi connectivity index (χ3n) is 13.2. The van der Waals surface area contributed by atoms with Crippen LogP contribution in [0.2, 0.25) is 0 Å². The van der Waals surface area contributed by atoms with Gasteiger partial charge in [-0.15, -0.1) is 0 Å². The number of alkyl halides is 6. The van der Waals surface area contributed by atoms with Crippen LogP contribution in [0.4, 0.5) is 26.3 Å². The standard InChI is InChI=1S/C33H43F6NO9/c1-16-6-8-22-18(3)31(33(37,38)39,45-26-29(22)20(16)10-13-28(5,44-26)47-48-29)40-15-41-14-19-23-9-7-17(2)21-11-12-27(4)43-25(30(21,23)49-46-27)42-24(19)32(34,35)36/h15-18,20-23,25-26H,6-14H2,1-5H3/b40-15-/t16-,17-,18-,20?,21?,22+,23+,25-,26+,27-,28+,29-,30-,31-/m1/s1. The molecule has 16 heteroatoms. The summed E-state index contributed by atoms with van der Waals surface area (Å²) in [6.45, 7) is 7.88. The van der Waals surface area contributed by atoms with E-state index >= 15 is 13.2 Å². The minimum Gasteiger partial charge on any atom is -0.479 e. The molecule has 10 rings (SSSR count). The average Bonchev–Trinajstić information content (AvgIpc) is 3.39. The first-order valence-electron chi connectivity index (χ1n) is 17.4. The Kier molecular flexibility index (Phi) is 7.67. The molecule has 0 aromatic carbocycles. The van der Waals surface area contributed by atoms with Crippen molar-refractivity contribution in [1.29, 1.82) is 0 Å². The van der Waals surface area contributed by atoms with E-state index in [2.05, 4.69) is 4.99 Å². The minimum absolute atomic E-state index is 0.0616. The van der Waals surface area contributed by atoms with E-state index in [9.17, 15) is 13.2 Å². The topological polar surface area (TPSA) is 95.4 Å². The summed E-state index contributed by atoms with van der Waals surface area (Å²) in [7, 11) is 0. The summed E-state index contributed by atoms with van der Waals surface area (Å²) in [5.74, 6) is -7.11. The van der Waals surface area contributed by atoms with Gasteiger partial charge in [-0.25, -0.2) is 24.5 Å². The number of hydrogen-bond donors (Lipinski definition) is 0. The van der Waals surface area contributed by atoms with E-state index in [4.69, 9.17) is 43.2 Å². The Balaban J connectivity index is 1.12. The van der Waals surface area contributed by atoms with E-state index in [0.29, 0.717) is 51.3 Å². The minimum atomic E-state index is -5.05. The Morgan fingerprint density at radius 2 is 1.33 bits per heavy atom. The van der Waals surface area contributed by atoms with Crippen molar-refractivity contribution in [3.63, 3.8) is 0 Å².